The van der Waals surface area contributed by atoms with Gasteiger partial charge in [0.1, 0.15) is 5.76 Å². The molecule has 0 bridgehead atoms. The molecule has 2 rings (SSSR count). The number of rotatable bonds is 4. The highest BCUT2D eigenvalue weighted by atomic mass is 127. The molecule has 1 unspecified atom stereocenters. The van der Waals surface area contributed by atoms with Crippen LogP contribution in [-0.4, -0.2) is 13.1 Å². The van der Waals surface area contributed by atoms with Crippen LogP contribution in [0.3, 0.4) is 0 Å². The highest BCUT2D eigenvalue weighted by molar-refractivity contribution is 14.1. The van der Waals surface area contributed by atoms with E-state index in [4.69, 9.17) is 4.42 Å². The Morgan fingerprint density at radius 2 is 2.05 bits per heavy atom. The van der Waals surface area contributed by atoms with E-state index in [0.717, 1.165) is 9.26 Å². The number of methoxy groups -OCH3 is 1. The number of para-hydroxylation sites is 1. The summed E-state index contributed by atoms with van der Waals surface area (Å²) < 4.78 is 11.2. The molecule has 0 saturated carbocycles. The second-order valence-corrected chi connectivity index (χ2v) is 5.20. The number of halogens is 1. The summed E-state index contributed by atoms with van der Waals surface area (Å²) in [6, 6.07) is 11.4. The SMILES string of the molecule is COC(=O)c1ccc(C(C)Nc2ccccc2I)o1. The fraction of sp³-hybridized carbons (Fsp3) is 0.214. The summed E-state index contributed by atoms with van der Waals surface area (Å²) in [5, 5.41) is 3.34. The Kier molecular flexibility index (Phi) is 4.47. The first-order valence-electron chi connectivity index (χ1n) is 5.81. The van der Waals surface area contributed by atoms with Crippen molar-refractivity contribution in [3.8, 4) is 0 Å². The minimum absolute atomic E-state index is 0.0330. The van der Waals surface area contributed by atoms with Gasteiger partial charge in [0.25, 0.3) is 0 Å². The summed E-state index contributed by atoms with van der Waals surface area (Å²) in [7, 11) is 1.33. The topological polar surface area (TPSA) is 51.5 Å². The van der Waals surface area contributed by atoms with Crippen molar-refractivity contribution in [1.29, 1.82) is 0 Å². The number of ether oxygens (including phenoxy) is 1. The average molecular weight is 371 g/mol. The molecule has 0 saturated heterocycles. The van der Waals surface area contributed by atoms with Gasteiger partial charge in [-0.3, -0.25) is 0 Å². The maximum absolute atomic E-state index is 11.3. The van der Waals surface area contributed by atoms with Crippen LogP contribution >= 0.6 is 22.6 Å². The second kappa shape index (κ2) is 6.10. The van der Waals surface area contributed by atoms with Crippen LogP contribution in [0.4, 0.5) is 5.69 Å². The fourth-order valence-electron chi connectivity index (χ4n) is 1.68. The summed E-state index contributed by atoms with van der Waals surface area (Å²) in [6.45, 7) is 1.98. The molecule has 0 radical (unpaired) electrons. The van der Waals surface area contributed by atoms with Gasteiger partial charge in [-0.1, -0.05) is 12.1 Å². The molecular weight excluding hydrogens is 357 g/mol. The van der Waals surface area contributed by atoms with E-state index in [1.54, 1.807) is 12.1 Å². The van der Waals surface area contributed by atoms with Crippen molar-refractivity contribution in [2.75, 3.05) is 12.4 Å². The lowest BCUT2D eigenvalue weighted by Crippen LogP contribution is -2.07. The van der Waals surface area contributed by atoms with Gasteiger partial charge < -0.3 is 14.5 Å². The molecule has 4 nitrogen and oxygen atoms in total. The number of hydrogen-bond donors (Lipinski definition) is 1. The van der Waals surface area contributed by atoms with Gasteiger partial charge in [0.05, 0.1) is 13.2 Å². The van der Waals surface area contributed by atoms with E-state index in [0.29, 0.717) is 5.76 Å². The van der Waals surface area contributed by atoms with Crippen LogP contribution < -0.4 is 5.32 Å². The van der Waals surface area contributed by atoms with Crippen LogP contribution in [0, 0.1) is 3.57 Å². The minimum atomic E-state index is -0.465. The third-order valence-electron chi connectivity index (χ3n) is 2.69. The van der Waals surface area contributed by atoms with E-state index < -0.39 is 5.97 Å². The Balaban J connectivity index is 2.12. The van der Waals surface area contributed by atoms with E-state index in [1.807, 2.05) is 31.2 Å². The van der Waals surface area contributed by atoms with Gasteiger partial charge in [-0.2, -0.15) is 0 Å². The van der Waals surface area contributed by atoms with Crippen molar-refractivity contribution in [3.63, 3.8) is 0 Å². The second-order valence-electron chi connectivity index (χ2n) is 4.04. The van der Waals surface area contributed by atoms with Crippen molar-refractivity contribution in [2.45, 2.75) is 13.0 Å². The number of carbonyl (C=O) groups is 1. The normalized spacial score (nSPS) is 11.9. The number of nitrogens with one attached hydrogen (secondary N) is 1. The average Bonchev–Trinajstić information content (AvgIpc) is 2.90. The number of benzene rings is 1. The van der Waals surface area contributed by atoms with Crippen LogP contribution in [0.25, 0.3) is 0 Å². The Labute approximate surface area is 125 Å². The van der Waals surface area contributed by atoms with Crippen LogP contribution in [0.2, 0.25) is 0 Å². The first-order valence-corrected chi connectivity index (χ1v) is 6.89. The standard InChI is InChI=1S/C14H14INO3/c1-9(16-11-6-4-3-5-10(11)15)12-7-8-13(19-12)14(17)18-2/h3-9,16H,1-2H3. The molecule has 100 valence electrons. The lowest BCUT2D eigenvalue weighted by molar-refractivity contribution is 0.0562. The van der Waals surface area contributed by atoms with E-state index >= 15 is 0 Å². The van der Waals surface area contributed by atoms with E-state index in [9.17, 15) is 4.79 Å². The largest absolute Gasteiger partial charge is 0.463 e. The van der Waals surface area contributed by atoms with Crippen LogP contribution in [0.15, 0.2) is 40.8 Å². The molecule has 1 atom stereocenters. The van der Waals surface area contributed by atoms with Crippen molar-refractivity contribution in [2.24, 2.45) is 0 Å². The summed E-state index contributed by atoms with van der Waals surface area (Å²) in [5.41, 5.74) is 1.03. The predicted molar refractivity (Wildman–Crippen MR) is 81.2 cm³/mol. The first-order chi connectivity index (χ1) is 9.11. The molecule has 0 aliphatic heterocycles. The molecule has 1 heterocycles. The minimum Gasteiger partial charge on any atom is -0.463 e. The number of hydrogen-bond acceptors (Lipinski definition) is 4. The van der Waals surface area contributed by atoms with Crippen molar-refractivity contribution in [3.05, 3.63) is 51.5 Å². The summed E-state index contributed by atoms with van der Waals surface area (Å²) in [6.07, 6.45) is 0. The summed E-state index contributed by atoms with van der Waals surface area (Å²) in [4.78, 5) is 11.3. The molecule has 19 heavy (non-hydrogen) atoms. The monoisotopic (exact) mass is 371 g/mol. The molecule has 1 aromatic carbocycles. The van der Waals surface area contributed by atoms with Crippen molar-refractivity contribution < 1.29 is 13.9 Å². The van der Waals surface area contributed by atoms with E-state index in [1.165, 1.54) is 7.11 Å². The molecule has 2 aromatic rings. The lowest BCUT2D eigenvalue weighted by atomic mass is 10.2. The zero-order chi connectivity index (χ0) is 13.8. The summed E-state index contributed by atoms with van der Waals surface area (Å²) >= 11 is 2.27. The number of esters is 1. The van der Waals surface area contributed by atoms with Gasteiger partial charge in [-0.15, -0.1) is 0 Å². The number of carbonyl (C=O) groups excluding carboxylic acids is 1. The maximum Gasteiger partial charge on any atom is 0.373 e. The third kappa shape index (κ3) is 3.28. The number of anilines is 1. The van der Waals surface area contributed by atoms with Crippen LogP contribution in [0.5, 0.6) is 0 Å². The fourth-order valence-corrected chi connectivity index (χ4v) is 2.22. The van der Waals surface area contributed by atoms with Crippen molar-refractivity contribution in [1.82, 2.24) is 0 Å². The van der Waals surface area contributed by atoms with Gasteiger partial charge in [-0.25, -0.2) is 4.79 Å². The molecule has 0 amide bonds. The van der Waals surface area contributed by atoms with Crippen molar-refractivity contribution >= 4 is 34.2 Å². The van der Waals surface area contributed by atoms with Crippen LogP contribution in [-0.2, 0) is 4.74 Å². The molecule has 0 spiro atoms. The predicted octanol–water partition coefficient (Wildman–Crippen LogP) is 3.84. The Hall–Kier alpha value is -1.50. The highest BCUT2D eigenvalue weighted by Crippen LogP contribution is 2.24. The molecule has 0 aliphatic rings. The maximum atomic E-state index is 11.3. The molecule has 0 aliphatic carbocycles. The van der Waals surface area contributed by atoms with Gasteiger partial charge in [0.2, 0.25) is 5.76 Å². The van der Waals surface area contributed by atoms with Gasteiger partial charge in [0.15, 0.2) is 0 Å². The van der Waals surface area contributed by atoms with Gasteiger partial charge in [0, 0.05) is 9.26 Å². The third-order valence-corrected chi connectivity index (χ3v) is 3.63. The first kappa shape index (κ1) is 13.9. The molecule has 0 fully saturated rings. The van der Waals surface area contributed by atoms with E-state index in [2.05, 4.69) is 32.6 Å². The zero-order valence-corrected chi connectivity index (χ0v) is 12.8. The molecular formula is C14H14INO3. The quantitative estimate of drug-likeness (QED) is 0.656. The molecule has 5 heteroatoms. The number of furan rings is 1. The Morgan fingerprint density at radius 1 is 1.32 bits per heavy atom. The summed E-state index contributed by atoms with van der Waals surface area (Å²) in [5.74, 6) is 0.446. The smallest absolute Gasteiger partial charge is 0.373 e. The zero-order valence-electron chi connectivity index (χ0n) is 10.6. The highest BCUT2D eigenvalue weighted by Gasteiger charge is 2.15. The Bertz CT molecular complexity index is 580. The van der Waals surface area contributed by atoms with Gasteiger partial charge >= 0.3 is 5.97 Å². The molecule has 1 N–H and O–H groups in total. The molecule has 1 aromatic heterocycles. The lowest BCUT2D eigenvalue weighted by Gasteiger charge is -2.14. The Morgan fingerprint density at radius 3 is 2.74 bits per heavy atom. The van der Waals surface area contributed by atoms with Crippen LogP contribution in [0.1, 0.15) is 29.3 Å². The van der Waals surface area contributed by atoms with E-state index in [-0.39, 0.29) is 11.8 Å². The van der Waals surface area contributed by atoms with Gasteiger partial charge in [-0.05, 0) is 53.8 Å².